The van der Waals surface area contributed by atoms with Crippen LogP contribution in [0.4, 0.5) is 5.82 Å². The molecule has 28 heavy (non-hydrogen) atoms. The van der Waals surface area contributed by atoms with Crippen molar-refractivity contribution in [2.75, 3.05) is 37.6 Å². The first kappa shape index (κ1) is 19.1. The van der Waals surface area contributed by atoms with Crippen molar-refractivity contribution in [3.05, 3.63) is 52.4 Å². The molecule has 0 saturated carbocycles. The summed E-state index contributed by atoms with van der Waals surface area (Å²) in [6.07, 6.45) is 2.30. The summed E-state index contributed by atoms with van der Waals surface area (Å²) >= 11 is 6.29. The summed E-state index contributed by atoms with van der Waals surface area (Å²) in [5.41, 5.74) is 3.62. The van der Waals surface area contributed by atoms with E-state index in [1.807, 2.05) is 0 Å². The van der Waals surface area contributed by atoms with Crippen molar-refractivity contribution >= 4 is 17.4 Å². The summed E-state index contributed by atoms with van der Waals surface area (Å²) in [7, 11) is 0. The van der Waals surface area contributed by atoms with E-state index < -0.39 is 0 Å². The van der Waals surface area contributed by atoms with Crippen molar-refractivity contribution in [1.82, 2.24) is 20.2 Å². The predicted octanol–water partition coefficient (Wildman–Crippen LogP) is 2.42. The van der Waals surface area contributed by atoms with Crippen LogP contribution in [-0.4, -0.2) is 53.6 Å². The summed E-state index contributed by atoms with van der Waals surface area (Å²) in [6.45, 7) is 5.39. The number of nitrogens with zero attached hydrogens (tertiary/aromatic N) is 5. The molecule has 0 amide bonds. The molecule has 0 aliphatic carbocycles. The Morgan fingerprint density at radius 1 is 1.14 bits per heavy atom. The van der Waals surface area contributed by atoms with Gasteiger partial charge >= 0.3 is 0 Å². The summed E-state index contributed by atoms with van der Waals surface area (Å²) < 4.78 is 0. The first-order valence-corrected chi connectivity index (χ1v) is 10.3. The molecule has 7 heteroatoms. The number of nitriles is 1. The number of hydrogen-bond acceptors (Lipinski definition) is 6. The van der Waals surface area contributed by atoms with Crippen LogP contribution in [0, 0.1) is 11.3 Å². The van der Waals surface area contributed by atoms with Gasteiger partial charge in [-0.3, -0.25) is 4.90 Å². The van der Waals surface area contributed by atoms with Gasteiger partial charge in [-0.1, -0.05) is 30.3 Å². The van der Waals surface area contributed by atoms with E-state index in [0.717, 1.165) is 63.6 Å². The third-order valence-electron chi connectivity index (χ3n) is 5.53. The second-order valence-electron chi connectivity index (χ2n) is 7.46. The highest BCUT2D eigenvalue weighted by Crippen LogP contribution is 2.27. The molecule has 3 heterocycles. The Balaban J connectivity index is 1.53. The van der Waals surface area contributed by atoms with Crippen LogP contribution >= 0.6 is 11.6 Å². The molecule has 1 atom stereocenters. The van der Waals surface area contributed by atoms with Gasteiger partial charge in [-0.15, -0.1) is 0 Å². The maximum Gasteiger partial charge on any atom is 0.224 e. The quantitative estimate of drug-likeness (QED) is 0.800. The molecule has 2 aliphatic heterocycles. The smallest absolute Gasteiger partial charge is 0.224 e. The van der Waals surface area contributed by atoms with Gasteiger partial charge in [0.1, 0.15) is 5.82 Å². The number of anilines is 1. The Morgan fingerprint density at radius 3 is 2.79 bits per heavy atom. The average molecular weight is 397 g/mol. The molecular formula is C21H25ClN6. The minimum atomic E-state index is 0.170. The van der Waals surface area contributed by atoms with Gasteiger partial charge in [-0.05, 0) is 23.6 Å². The first-order chi connectivity index (χ1) is 13.7. The van der Waals surface area contributed by atoms with Crippen molar-refractivity contribution in [3.63, 3.8) is 0 Å². The van der Waals surface area contributed by atoms with Crippen molar-refractivity contribution in [3.8, 4) is 6.07 Å². The van der Waals surface area contributed by atoms with E-state index in [0.29, 0.717) is 11.7 Å². The Bertz CT molecular complexity index is 850. The van der Waals surface area contributed by atoms with Crippen LogP contribution in [-0.2, 0) is 19.4 Å². The van der Waals surface area contributed by atoms with E-state index in [1.54, 1.807) is 0 Å². The maximum absolute atomic E-state index is 9.04. The van der Waals surface area contributed by atoms with Crippen LogP contribution in [0.15, 0.2) is 30.3 Å². The number of benzene rings is 1. The highest BCUT2D eigenvalue weighted by Gasteiger charge is 2.26. The SMILES string of the molecule is N#CC[C@@H]1CN(c2nc(Cl)nc3c2CCN(Cc2ccccc2)CC3)CCN1. The van der Waals surface area contributed by atoms with Crippen LogP contribution in [0.25, 0.3) is 0 Å². The van der Waals surface area contributed by atoms with Gasteiger partial charge in [0.15, 0.2) is 0 Å². The lowest BCUT2D eigenvalue weighted by atomic mass is 10.1. The number of hydrogen-bond donors (Lipinski definition) is 1. The maximum atomic E-state index is 9.04. The molecule has 0 bridgehead atoms. The van der Waals surface area contributed by atoms with Gasteiger partial charge in [-0.25, -0.2) is 9.97 Å². The van der Waals surface area contributed by atoms with E-state index in [-0.39, 0.29) is 6.04 Å². The number of piperazine rings is 1. The molecule has 0 unspecified atom stereocenters. The van der Waals surface area contributed by atoms with Gasteiger partial charge in [-0.2, -0.15) is 5.26 Å². The van der Waals surface area contributed by atoms with E-state index in [2.05, 4.69) is 61.5 Å². The fraction of sp³-hybridized carbons (Fsp3) is 0.476. The van der Waals surface area contributed by atoms with Gasteiger partial charge in [0.25, 0.3) is 0 Å². The molecule has 1 saturated heterocycles. The molecule has 6 nitrogen and oxygen atoms in total. The molecule has 2 aromatic rings. The van der Waals surface area contributed by atoms with Crippen LogP contribution in [0.3, 0.4) is 0 Å². The van der Waals surface area contributed by atoms with E-state index in [4.69, 9.17) is 16.9 Å². The van der Waals surface area contributed by atoms with E-state index in [1.165, 1.54) is 11.1 Å². The van der Waals surface area contributed by atoms with E-state index >= 15 is 0 Å². The summed E-state index contributed by atoms with van der Waals surface area (Å²) in [4.78, 5) is 13.9. The molecule has 1 aromatic heterocycles. The summed E-state index contributed by atoms with van der Waals surface area (Å²) in [6, 6.07) is 13.0. The third-order valence-corrected chi connectivity index (χ3v) is 5.70. The van der Waals surface area contributed by atoms with Gasteiger partial charge in [0.2, 0.25) is 5.28 Å². The molecule has 1 N–H and O–H groups in total. The molecular weight excluding hydrogens is 372 g/mol. The summed E-state index contributed by atoms with van der Waals surface area (Å²) in [5.74, 6) is 0.959. The highest BCUT2D eigenvalue weighted by atomic mass is 35.5. The van der Waals surface area contributed by atoms with Crippen LogP contribution in [0.1, 0.15) is 23.2 Å². The van der Waals surface area contributed by atoms with Crippen molar-refractivity contribution in [1.29, 1.82) is 5.26 Å². The van der Waals surface area contributed by atoms with Gasteiger partial charge in [0, 0.05) is 57.3 Å². The normalized spacial score (nSPS) is 20.3. The zero-order valence-electron chi connectivity index (χ0n) is 15.9. The summed E-state index contributed by atoms with van der Waals surface area (Å²) in [5, 5.41) is 12.8. The molecule has 2 aliphatic rings. The highest BCUT2D eigenvalue weighted by molar-refractivity contribution is 6.28. The van der Waals surface area contributed by atoms with Crippen molar-refractivity contribution in [2.24, 2.45) is 0 Å². The molecule has 0 spiro atoms. The first-order valence-electron chi connectivity index (χ1n) is 9.90. The number of nitrogens with one attached hydrogen (secondary N) is 1. The Hall–Kier alpha value is -2.20. The topological polar surface area (TPSA) is 68.1 Å². The lowest BCUT2D eigenvalue weighted by Gasteiger charge is -2.35. The van der Waals surface area contributed by atoms with Crippen LogP contribution in [0.5, 0.6) is 0 Å². The number of halogens is 1. The third kappa shape index (κ3) is 4.44. The van der Waals surface area contributed by atoms with Gasteiger partial charge in [0.05, 0.1) is 18.2 Å². The number of rotatable bonds is 4. The zero-order valence-corrected chi connectivity index (χ0v) is 16.7. The number of aromatic nitrogens is 2. The molecule has 1 aromatic carbocycles. The van der Waals surface area contributed by atoms with Crippen LogP contribution < -0.4 is 10.2 Å². The Morgan fingerprint density at radius 2 is 1.96 bits per heavy atom. The minimum absolute atomic E-state index is 0.170. The fourth-order valence-corrected chi connectivity index (χ4v) is 4.30. The van der Waals surface area contributed by atoms with Crippen molar-refractivity contribution < 1.29 is 0 Å². The lowest BCUT2D eigenvalue weighted by Crippen LogP contribution is -2.51. The largest absolute Gasteiger partial charge is 0.353 e. The second kappa shape index (κ2) is 8.87. The van der Waals surface area contributed by atoms with Crippen LogP contribution in [0.2, 0.25) is 5.28 Å². The lowest BCUT2D eigenvalue weighted by molar-refractivity contribution is 0.279. The molecule has 0 radical (unpaired) electrons. The number of fused-ring (bicyclic) bond motifs is 1. The molecule has 4 rings (SSSR count). The Kier molecular flexibility index (Phi) is 6.06. The standard InChI is InChI=1S/C21H25ClN6/c22-21-25-19-8-12-27(14-16-4-2-1-3-5-16)11-7-18(19)20(26-21)28-13-10-24-17(15-28)6-9-23/h1-5,17,24H,6-8,10-15H2/t17-/m1/s1. The fourth-order valence-electron chi connectivity index (χ4n) is 4.12. The molecule has 1 fully saturated rings. The molecule has 146 valence electrons. The monoisotopic (exact) mass is 396 g/mol. The van der Waals surface area contributed by atoms with Crippen molar-refractivity contribution in [2.45, 2.75) is 31.8 Å². The van der Waals surface area contributed by atoms with Gasteiger partial charge < -0.3 is 10.2 Å². The minimum Gasteiger partial charge on any atom is -0.353 e. The predicted molar refractivity (Wildman–Crippen MR) is 110 cm³/mol. The van der Waals surface area contributed by atoms with E-state index in [9.17, 15) is 0 Å². The second-order valence-corrected chi connectivity index (χ2v) is 7.80. The Labute approximate surface area is 171 Å². The average Bonchev–Trinajstić information content (AvgIpc) is 2.91. The zero-order chi connectivity index (χ0) is 19.3.